The van der Waals surface area contributed by atoms with E-state index in [0.717, 1.165) is 24.8 Å². The van der Waals surface area contributed by atoms with E-state index in [9.17, 15) is 24.3 Å². The predicted molar refractivity (Wildman–Crippen MR) is 177 cm³/mol. The molecule has 0 aliphatic rings. The molecule has 0 aromatic heterocycles. The van der Waals surface area contributed by atoms with Crippen LogP contribution in [0.3, 0.4) is 0 Å². The van der Waals surface area contributed by atoms with Crippen molar-refractivity contribution in [2.45, 2.75) is 78.3 Å². The van der Waals surface area contributed by atoms with Gasteiger partial charge in [0.05, 0.1) is 7.11 Å². The minimum atomic E-state index is -1.16. The monoisotopic (exact) mass is 642 g/mol. The first-order chi connectivity index (χ1) is 21.9. The normalized spacial score (nSPS) is 11.3. The molecule has 0 bridgehead atoms. The average molecular weight is 643 g/mol. The van der Waals surface area contributed by atoms with E-state index in [4.69, 9.17) is 20.3 Å². The summed E-state index contributed by atoms with van der Waals surface area (Å²) < 4.78 is 10.5. The number of unbranched alkanes of at least 4 members (excludes halogenated alkanes) is 3. The van der Waals surface area contributed by atoms with Gasteiger partial charge in [-0.25, -0.2) is 9.59 Å². The molecule has 254 valence electrons. The zero-order valence-electron chi connectivity index (χ0n) is 27.3. The summed E-state index contributed by atoms with van der Waals surface area (Å²) >= 11 is 0. The minimum absolute atomic E-state index is 0.0423. The lowest BCUT2D eigenvalue weighted by Crippen LogP contribution is -2.46. The number of nitrogens with two attached hydrogens (primary N) is 1. The molecule has 2 aromatic carbocycles. The Balaban J connectivity index is 0.00000114. The Morgan fingerprint density at radius 1 is 0.935 bits per heavy atom. The maximum atomic E-state index is 12.2. The van der Waals surface area contributed by atoms with Gasteiger partial charge < -0.3 is 41.4 Å². The second kappa shape index (κ2) is 22.9. The van der Waals surface area contributed by atoms with E-state index in [1.165, 1.54) is 18.7 Å². The number of rotatable bonds is 18. The van der Waals surface area contributed by atoms with E-state index < -0.39 is 30.6 Å². The molecule has 1 atom stereocenters. The minimum Gasteiger partial charge on any atom is -0.508 e. The lowest BCUT2D eigenvalue weighted by atomic mass is 10.1. The summed E-state index contributed by atoms with van der Waals surface area (Å²) in [6.07, 6.45) is 8.01. The maximum absolute atomic E-state index is 12.2. The zero-order chi connectivity index (χ0) is 34.3. The molecule has 12 nitrogen and oxygen atoms in total. The Morgan fingerprint density at radius 2 is 1.65 bits per heavy atom. The lowest BCUT2D eigenvalue weighted by molar-refractivity contribution is -0.141. The van der Waals surface area contributed by atoms with Gasteiger partial charge in [0.15, 0.2) is 11.5 Å². The molecule has 0 aliphatic heterocycles. The Labute approximate surface area is 271 Å². The first kappa shape index (κ1) is 39.4. The van der Waals surface area contributed by atoms with Gasteiger partial charge in [-0.05, 0) is 87.7 Å². The summed E-state index contributed by atoms with van der Waals surface area (Å²) in [6.45, 7) is 6.51. The number of aryl methyl sites for hydroxylation is 1. The number of carboxylic acids is 1. The van der Waals surface area contributed by atoms with Crippen LogP contribution in [0.5, 0.6) is 17.2 Å². The molecule has 2 rings (SSSR count). The van der Waals surface area contributed by atoms with Gasteiger partial charge in [0.1, 0.15) is 18.3 Å². The molecule has 0 heterocycles. The molecule has 0 aliphatic carbocycles. The molecule has 3 amide bonds. The number of allylic oxidation sites excluding steroid dienone is 2. The SMILES string of the molecule is COc1cc(CNC(=O)CCCC/C=C/C(C)C)ccc1OC(=O)NCC(=O)NC(CCCCN)C(=O)O.Cc1ccc(O)cc1. The number of nitrogens with one attached hydrogen (secondary N) is 3. The summed E-state index contributed by atoms with van der Waals surface area (Å²) in [5, 5.41) is 25.5. The van der Waals surface area contributed by atoms with Crippen molar-refractivity contribution in [1.82, 2.24) is 16.0 Å². The first-order valence-electron chi connectivity index (χ1n) is 15.5. The fourth-order valence-electron chi connectivity index (χ4n) is 3.94. The van der Waals surface area contributed by atoms with Crippen molar-refractivity contribution in [2.24, 2.45) is 11.7 Å². The number of methoxy groups -OCH3 is 1. The van der Waals surface area contributed by atoms with Crippen LogP contribution in [-0.2, 0) is 20.9 Å². The van der Waals surface area contributed by atoms with E-state index in [2.05, 4.69) is 41.9 Å². The molecule has 0 saturated carbocycles. The van der Waals surface area contributed by atoms with Crippen LogP contribution in [0.15, 0.2) is 54.6 Å². The second-order valence-corrected chi connectivity index (χ2v) is 11.0. The number of carbonyl (C=O) groups is 4. The summed E-state index contributed by atoms with van der Waals surface area (Å²) in [6, 6.07) is 10.9. The molecule has 0 spiro atoms. The van der Waals surface area contributed by atoms with Crippen LogP contribution in [0, 0.1) is 12.8 Å². The smallest absolute Gasteiger partial charge is 0.413 e. The van der Waals surface area contributed by atoms with Gasteiger partial charge in [-0.15, -0.1) is 0 Å². The van der Waals surface area contributed by atoms with E-state index >= 15 is 0 Å². The standard InChI is InChI=1S/C27H42N4O7.C7H8O/c1-19(2)10-6-4-5-7-12-24(32)29-17-20-13-14-22(23(16-20)37-3)38-27(36)30-18-25(33)31-21(26(34)35)11-8-9-15-28;1-6-2-4-7(8)5-3-6/h6,10,13-14,16,19,21H,4-5,7-9,11-12,15,17-18,28H2,1-3H3,(H,29,32)(H,30,36)(H,31,33)(H,34,35);2-5,8H,1H3/b10-6+;. The molecular weight excluding hydrogens is 592 g/mol. The van der Waals surface area contributed by atoms with Gasteiger partial charge in [0.2, 0.25) is 11.8 Å². The molecule has 0 radical (unpaired) electrons. The second-order valence-electron chi connectivity index (χ2n) is 11.0. The van der Waals surface area contributed by atoms with Crippen molar-refractivity contribution < 1.29 is 38.9 Å². The Bertz CT molecular complexity index is 1230. The molecule has 2 aromatic rings. The van der Waals surface area contributed by atoms with Crippen LogP contribution in [0.1, 0.15) is 69.9 Å². The van der Waals surface area contributed by atoms with Crippen molar-refractivity contribution in [1.29, 1.82) is 0 Å². The van der Waals surface area contributed by atoms with Crippen LogP contribution >= 0.6 is 0 Å². The number of aliphatic carboxylic acids is 1. The maximum Gasteiger partial charge on any atom is 0.413 e. The molecule has 7 N–H and O–H groups in total. The number of carbonyl (C=O) groups excluding carboxylic acids is 3. The first-order valence-corrected chi connectivity index (χ1v) is 15.5. The van der Waals surface area contributed by atoms with Crippen molar-refractivity contribution in [2.75, 3.05) is 20.2 Å². The molecule has 1 unspecified atom stereocenters. The van der Waals surface area contributed by atoms with Crippen molar-refractivity contribution in [3.05, 3.63) is 65.7 Å². The molecular formula is C34H50N4O8. The van der Waals surface area contributed by atoms with Gasteiger partial charge in [-0.3, -0.25) is 9.59 Å². The third-order valence-corrected chi connectivity index (χ3v) is 6.47. The highest BCUT2D eigenvalue weighted by Crippen LogP contribution is 2.28. The highest BCUT2D eigenvalue weighted by Gasteiger charge is 2.20. The van der Waals surface area contributed by atoms with E-state index in [1.54, 1.807) is 24.3 Å². The van der Waals surface area contributed by atoms with Crippen LogP contribution in [0.2, 0.25) is 0 Å². The number of aromatic hydroxyl groups is 1. The number of benzene rings is 2. The number of hydrogen-bond donors (Lipinski definition) is 6. The van der Waals surface area contributed by atoms with Gasteiger partial charge in [0, 0.05) is 13.0 Å². The van der Waals surface area contributed by atoms with E-state index in [0.29, 0.717) is 44.0 Å². The molecule has 12 heteroatoms. The van der Waals surface area contributed by atoms with Gasteiger partial charge in [-0.2, -0.15) is 0 Å². The van der Waals surface area contributed by atoms with Crippen LogP contribution in [0.4, 0.5) is 4.79 Å². The van der Waals surface area contributed by atoms with Crippen molar-refractivity contribution in [3.63, 3.8) is 0 Å². The Morgan fingerprint density at radius 3 is 2.26 bits per heavy atom. The van der Waals surface area contributed by atoms with Crippen molar-refractivity contribution in [3.8, 4) is 17.2 Å². The van der Waals surface area contributed by atoms with Crippen LogP contribution in [-0.4, -0.2) is 60.3 Å². The van der Waals surface area contributed by atoms with Gasteiger partial charge >= 0.3 is 12.1 Å². The lowest BCUT2D eigenvalue weighted by Gasteiger charge is -2.15. The molecule has 0 saturated heterocycles. The number of hydrogen-bond acceptors (Lipinski definition) is 8. The van der Waals surface area contributed by atoms with E-state index in [1.807, 2.05) is 19.1 Å². The van der Waals surface area contributed by atoms with E-state index in [-0.39, 0.29) is 23.8 Å². The molecule has 46 heavy (non-hydrogen) atoms. The van der Waals surface area contributed by atoms with Crippen LogP contribution < -0.4 is 31.2 Å². The number of ether oxygens (including phenoxy) is 2. The summed E-state index contributed by atoms with van der Waals surface area (Å²) in [5.74, 6) is -0.599. The van der Waals surface area contributed by atoms with Gasteiger partial charge in [-0.1, -0.05) is 49.8 Å². The third-order valence-electron chi connectivity index (χ3n) is 6.47. The summed E-state index contributed by atoms with van der Waals surface area (Å²) in [7, 11) is 1.42. The third kappa shape index (κ3) is 18.3. The number of amides is 3. The summed E-state index contributed by atoms with van der Waals surface area (Å²) in [4.78, 5) is 47.6. The number of carboxylic acid groups (broad SMARTS) is 1. The predicted octanol–water partition coefficient (Wildman–Crippen LogP) is 4.57. The summed E-state index contributed by atoms with van der Waals surface area (Å²) in [5.41, 5.74) is 7.33. The fraction of sp³-hybridized carbons (Fsp3) is 0.471. The number of phenols is 1. The highest BCUT2D eigenvalue weighted by atomic mass is 16.6. The van der Waals surface area contributed by atoms with Crippen LogP contribution in [0.25, 0.3) is 0 Å². The highest BCUT2D eigenvalue weighted by molar-refractivity contribution is 5.87. The Kier molecular flexibility index (Phi) is 19.6. The average Bonchev–Trinajstić information content (AvgIpc) is 3.02. The largest absolute Gasteiger partial charge is 0.508 e. The zero-order valence-corrected chi connectivity index (χ0v) is 27.3. The van der Waals surface area contributed by atoms with Crippen molar-refractivity contribution >= 4 is 23.9 Å². The fourth-order valence-corrected chi connectivity index (χ4v) is 3.94. The quantitative estimate of drug-likeness (QED) is 0.0999. The Hall–Kier alpha value is -4.58. The topological polar surface area (TPSA) is 189 Å². The van der Waals surface area contributed by atoms with Gasteiger partial charge in [0.25, 0.3) is 0 Å². The number of phenolic OH excluding ortho intramolecular Hbond substituents is 1. The molecule has 0 fully saturated rings.